The first-order chi connectivity index (χ1) is 16.6. The maximum atomic E-state index is 12.0. The van der Waals surface area contributed by atoms with Crippen LogP contribution in [0, 0.1) is 0 Å². The van der Waals surface area contributed by atoms with Crippen molar-refractivity contribution < 1.29 is 9.53 Å². The lowest BCUT2D eigenvalue weighted by molar-refractivity contribution is 0.0526. The number of hydrogen-bond acceptors (Lipinski definition) is 4. The van der Waals surface area contributed by atoms with Crippen molar-refractivity contribution in [3.05, 3.63) is 46.2 Å². The highest BCUT2D eigenvalue weighted by Gasteiger charge is 2.11. The lowest BCUT2D eigenvalue weighted by Gasteiger charge is -2.08. The Morgan fingerprint density at radius 1 is 0.794 bits per heavy atom. The fourth-order valence-corrected chi connectivity index (χ4v) is 4.75. The molecule has 2 heterocycles. The minimum Gasteiger partial charge on any atom is -0.462 e. The Kier molecular flexibility index (Phi) is 14.8. The SMILES string of the molecule is CCCCCCCCCCCCCCCCc1cc(Br)nc(-c2cc(C(=O)OCC)ccn2)c1. The van der Waals surface area contributed by atoms with Gasteiger partial charge in [0.05, 0.1) is 23.6 Å². The van der Waals surface area contributed by atoms with Gasteiger partial charge in [0.25, 0.3) is 0 Å². The predicted molar refractivity (Wildman–Crippen MR) is 145 cm³/mol. The topological polar surface area (TPSA) is 52.1 Å². The highest BCUT2D eigenvalue weighted by atomic mass is 79.9. The Balaban J connectivity index is 1.65. The lowest BCUT2D eigenvalue weighted by atomic mass is 10.0. The third-order valence-corrected chi connectivity index (χ3v) is 6.61. The largest absolute Gasteiger partial charge is 0.462 e. The Bertz CT molecular complexity index is 841. The molecule has 0 saturated heterocycles. The first kappa shape index (κ1) is 28.5. The minimum absolute atomic E-state index is 0.330. The van der Waals surface area contributed by atoms with Crippen LogP contribution < -0.4 is 0 Å². The molecule has 0 unspecified atom stereocenters. The van der Waals surface area contributed by atoms with Gasteiger partial charge < -0.3 is 4.74 Å². The number of halogens is 1. The summed E-state index contributed by atoms with van der Waals surface area (Å²) in [6, 6.07) is 7.60. The van der Waals surface area contributed by atoms with Gasteiger partial charge >= 0.3 is 5.97 Å². The molecule has 0 aliphatic heterocycles. The van der Waals surface area contributed by atoms with E-state index in [9.17, 15) is 4.79 Å². The molecule has 0 aliphatic rings. The van der Waals surface area contributed by atoms with E-state index < -0.39 is 0 Å². The van der Waals surface area contributed by atoms with Crippen molar-refractivity contribution in [3.8, 4) is 11.4 Å². The molecule has 5 heteroatoms. The van der Waals surface area contributed by atoms with Crippen molar-refractivity contribution in [2.75, 3.05) is 6.61 Å². The number of aromatic nitrogens is 2. The summed E-state index contributed by atoms with van der Waals surface area (Å²) in [7, 11) is 0. The first-order valence-corrected chi connectivity index (χ1v) is 14.2. The van der Waals surface area contributed by atoms with Crippen LogP contribution in [-0.2, 0) is 11.2 Å². The van der Waals surface area contributed by atoms with Crippen LogP contribution in [0.5, 0.6) is 0 Å². The molecule has 0 N–H and O–H groups in total. The number of carbonyl (C=O) groups is 1. The maximum absolute atomic E-state index is 12.0. The summed E-state index contributed by atoms with van der Waals surface area (Å²) in [5.41, 5.74) is 3.22. The van der Waals surface area contributed by atoms with Gasteiger partial charge in [-0.05, 0) is 65.5 Å². The summed E-state index contributed by atoms with van der Waals surface area (Å²) >= 11 is 3.54. The van der Waals surface area contributed by atoms with E-state index in [1.54, 1.807) is 25.3 Å². The Morgan fingerprint density at radius 3 is 1.97 bits per heavy atom. The van der Waals surface area contributed by atoms with E-state index in [0.717, 1.165) is 16.7 Å². The van der Waals surface area contributed by atoms with Crippen LogP contribution in [0.15, 0.2) is 35.1 Å². The number of carbonyl (C=O) groups excluding carboxylic acids is 1. The molecule has 2 aromatic heterocycles. The molecular weight excluding hydrogens is 488 g/mol. The molecule has 0 amide bonds. The molecule has 0 atom stereocenters. The van der Waals surface area contributed by atoms with Gasteiger partial charge in [-0.25, -0.2) is 9.78 Å². The van der Waals surface area contributed by atoms with Crippen molar-refractivity contribution in [2.24, 2.45) is 0 Å². The predicted octanol–water partition coefficient (Wildman–Crippen LogP) is 9.11. The Labute approximate surface area is 215 Å². The summed E-state index contributed by atoms with van der Waals surface area (Å²) < 4.78 is 5.90. The lowest BCUT2D eigenvalue weighted by Crippen LogP contribution is -2.05. The fraction of sp³-hybridized carbons (Fsp3) is 0.621. The van der Waals surface area contributed by atoms with Crippen molar-refractivity contribution in [1.82, 2.24) is 9.97 Å². The second-order valence-electron chi connectivity index (χ2n) is 9.18. The second kappa shape index (κ2) is 17.7. The summed E-state index contributed by atoms with van der Waals surface area (Å²) in [4.78, 5) is 21.0. The van der Waals surface area contributed by atoms with Gasteiger partial charge in [-0.3, -0.25) is 4.98 Å². The summed E-state index contributed by atoms with van der Waals surface area (Å²) in [5.74, 6) is -0.330. The van der Waals surface area contributed by atoms with Crippen LogP contribution >= 0.6 is 15.9 Å². The van der Waals surface area contributed by atoms with Crippen molar-refractivity contribution >= 4 is 21.9 Å². The van der Waals surface area contributed by atoms with Crippen LogP contribution in [0.25, 0.3) is 11.4 Å². The highest BCUT2D eigenvalue weighted by molar-refractivity contribution is 9.10. The maximum Gasteiger partial charge on any atom is 0.338 e. The van der Waals surface area contributed by atoms with Gasteiger partial charge in [0, 0.05) is 6.20 Å². The van der Waals surface area contributed by atoms with Gasteiger partial charge in [0.1, 0.15) is 4.60 Å². The normalized spacial score (nSPS) is 11.0. The average molecular weight is 532 g/mol. The standard InChI is InChI=1S/C29H43BrN2O2/c1-3-5-6-7-8-9-10-11-12-13-14-15-16-17-18-24-21-27(32-28(30)22-24)26-23-25(19-20-31-26)29(33)34-4-2/h19-23H,3-18H2,1-2H3. The quantitative estimate of drug-likeness (QED) is 0.109. The number of unbranched alkanes of at least 4 members (excludes halogenated alkanes) is 13. The Morgan fingerprint density at radius 2 is 1.38 bits per heavy atom. The average Bonchev–Trinajstić information content (AvgIpc) is 2.84. The zero-order valence-corrected chi connectivity index (χ0v) is 22.9. The van der Waals surface area contributed by atoms with Crippen LogP contribution in [0.4, 0.5) is 0 Å². The molecule has 0 aliphatic carbocycles. The molecule has 0 saturated carbocycles. The van der Waals surface area contributed by atoms with Gasteiger partial charge in [-0.1, -0.05) is 90.4 Å². The number of rotatable bonds is 18. The second-order valence-corrected chi connectivity index (χ2v) is 9.99. The first-order valence-electron chi connectivity index (χ1n) is 13.4. The van der Waals surface area contributed by atoms with E-state index in [-0.39, 0.29) is 5.97 Å². The van der Waals surface area contributed by atoms with Crippen LogP contribution in [0.2, 0.25) is 0 Å². The monoisotopic (exact) mass is 530 g/mol. The number of esters is 1. The van der Waals surface area contributed by atoms with Crippen LogP contribution in [0.3, 0.4) is 0 Å². The van der Waals surface area contributed by atoms with Crippen LogP contribution in [-0.4, -0.2) is 22.5 Å². The third-order valence-electron chi connectivity index (χ3n) is 6.21. The molecule has 188 valence electrons. The van der Waals surface area contributed by atoms with Crippen molar-refractivity contribution in [2.45, 2.75) is 110 Å². The molecule has 2 aromatic rings. The molecule has 0 bridgehead atoms. The molecule has 0 aromatic carbocycles. The van der Waals surface area contributed by atoms with Gasteiger partial charge in [-0.15, -0.1) is 0 Å². The number of pyridine rings is 2. The molecule has 0 radical (unpaired) electrons. The van der Waals surface area contributed by atoms with E-state index in [0.29, 0.717) is 17.9 Å². The fourth-order valence-electron chi connectivity index (χ4n) is 4.26. The molecule has 34 heavy (non-hydrogen) atoms. The summed E-state index contributed by atoms with van der Waals surface area (Å²) in [6.45, 7) is 4.44. The van der Waals surface area contributed by atoms with Crippen molar-refractivity contribution in [3.63, 3.8) is 0 Å². The minimum atomic E-state index is -0.330. The van der Waals surface area contributed by atoms with Crippen molar-refractivity contribution in [1.29, 1.82) is 0 Å². The van der Waals surface area contributed by atoms with E-state index in [4.69, 9.17) is 4.74 Å². The van der Waals surface area contributed by atoms with Gasteiger partial charge in [0.15, 0.2) is 0 Å². The molecule has 0 fully saturated rings. The van der Waals surface area contributed by atoms with E-state index in [1.807, 2.05) is 0 Å². The molecular formula is C29H43BrN2O2. The zero-order valence-electron chi connectivity index (χ0n) is 21.3. The van der Waals surface area contributed by atoms with Gasteiger partial charge in [-0.2, -0.15) is 0 Å². The Hall–Kier alpha value is -1.75. The number of nitrogens with zero attached hydrogens (tertiary/aromatic N) is 2. The summed E-state index contributed by atoms with van der Waals surface area (Å²) in [6.07, 6.45) is 21.9. The third kappa shape index (κ3) is 11.6. The van der Waals surface area contributed by atoms with Gasteiger partial charge in [0.2, 0.25) is 0 Å². The molecule has 2 rings (SSSR count). The van der Waals surface area contributed by atoms with E-state index in [1.165, 1.54) is 95.5 Å². The highest BCUT2D eigenvalue weighted by Crippen LogP contribution is 2.23. The summed E-state index contributed by atoms with van der Waals surface area (Å²) in [5, 5.41) is 0. The number of hydrogen-bond donors (Lipinski definition) is 0. The zero-order chi connectivity index (χ0) is 24.4. The van der Waals surface area contributed by atoms with E-state index >= 15 is 0 Å². The van der Waals surface area contributed by atoms with Crippen LogP contribution in [0.1, 0.15) is 120 Å². The number of ether oxygens (including phenoxy) is 1. The molecule has 0 spiro atoms. The number of aryl methyl sites for hydroxylation is 1. The molecule has 4 nitrogen and oxygen atoms in total. The smallest absolute Gasteiger partial charge is 0.338 e. The van der Waals surface area contributed by atoms with E-state index in [2.05, 4.69) is 45.0 Å².